The first-order valence-electron chi connectivity index (χ1n) is 7.20. The van der Waals surface area contributed by atoms with E-state index >= 15 is 0 Å². The zero-order valence-electron chi connectivity index (χ0n) is 13.9. The van der Waals surface area contributed by atoms with Crippen molar-refractivity contribution in [1.82, 2.24) is 4.98 Å². The molecule has 1 N–H and O–H groups in total. The van der Waals surface area contributed by atoms with Crippen molar-refractivity contribution in [3.8, 4) is 6.07 Å². The molecule has 1 aliphatic heterocycles. The van der Waals surface area contributed by atoms with Crippen LogP contribution in [0.4, 0.5) is 0 Å². The molecule has 1 aromatic heterocycles. The van der Waals surface area contributed by atoms with Crippen LogP contribution < -0.4 is 11.0 Å². The molecule has 0 aromatic carbocycles. The highest BCUT2D eigenvalue weighted by molar-refractivity contribution is 6.62. The van der Waals surface area contributed by atoms with Crippen LogP contribution in [0.5, 0.6) is 0 Å². The largest absolute Gasteiger partial charge is 0.496 e. The second kappa shape index (κ2) is 5.83. The van der Waals surface area contributed by atoms with Crippen molar-refractivity contribution >= 4 is 18.6 Å². The maximum Gasteiger partial charge on any atom is 0.496 e. The highest BCUT2D eigenvalue weighted by Gasteiger charge is 2.52. The van der Waals surface area contributed by atoms with Gasteiger partial charge in [-0.3, -0.25) is 9.59 Å². The molecule has 122 valence electrons. The number of aromatic amines is 1. The molecule has 0 unspecified atom stereocenters. The molecule has 1 aromatic rings. The number of H-pyrrole nitrogens is 1. The second-order valence-corrected chi connectivity index (χ2v) is 6.38. The minimum absolute atomic E-state index is 0.136. The van der Waals surface area contributed by atoms with Crippen LogP contribution in [-0.4, -0.2) is 36.4 Å². The van der Waals surface area contributed by atoms with Gasteiger partial charge in [-0.2, -0.15) is 5.26 Å². The minimum Gasteiger partial charge on any atom is -0.469 e. The molecule has 1 aliphatic rings. The summed E-state index contributed by atoms with van der Waals surface area (Å²) < 4.78 is 16.5. The van der Waals surface area contributed by atoms with E-state index in [1.165, 1.54) is 13.3 Å². The first-order chi connectivity index (χ1) is 10.6. The van der Waals surface area contributed by atoms with E-state index in [1.807, 2.05) is 33.8 Å². The van der Waals surface area contributed by atoms with E-state index in [-0.39, 0.29) is 17.5 Å². The molecule has 0 atom stereocenters. The van der Waals surface area contributed by atoms with Gasteiger partial charge in [0, 0.05) is 11.7 Å². The average Bonchev–Trinajstić information content (AvgIpc) is 2.67. The summed E-state index contributed by atoms with van der Waals surface area (Å²) in [6.07, 6.45) is 1.21. The van der Waals surface area contributed by atoms with Crippen molar-refractivity contribution in [1.29, 1.82) is 5.26 Å². The van der Waals surface area contributed by atoms with Gasteiger partial charge >= 0.3 is 13.1 Å². The Bertz CT molecular complexity index is 716. The van der Waals surface area contributed by atoms with Crippen LogP contribution in [-0.2, 0) is 25.3 Å². The Morgan fingerprint density at radius 1 is 1.35 bits per heavy atom. The molecule has 0 amide bonds. The number of carbonyl (C=O) groups excluding carboxylic acids is 1. The second-order valence-electron chi connectivity index (χ2n) is 6.38. The zero-order valence-corrected chi connectivity index (χ0v) is 13.9. The van der Waals surface area contributed by atoms with Gasteiger partial charge in [-0.15, -0.1) is 0 Å². The summed E-state index contributed by atoms with van der Waals surface area (Å²) >= 11 is 0. The fourth-order valence-electron chi connectivity index (χ4n) is 2.29. The third kappa shape index (κ3) is 3.02. The first kappa shape index (κ1) is 17.3. The number of ether oxygens (including phenoxy) is 1. The van der Waals surface area contributed by atoms with Gasteiger partial charge in [-0.1, -0.05) is 0 Å². The minimum atomic E-state index is -0.788. The maximum absolute atomic E-state index is 11.9. The van der Waals surface area contributed by atoms with E-state index in [1.54, 1.807) is 0 Å². The number of nitriles is 1. The Hall–Kier alpha value is -2.11. The van der Waals surface area contributed by atoms with Crippen LogP contribution in [0.3, 0.4) is 0 Å². The molecule has 7 nitrogen and oxygen atoms in total. The van der Waals surface area contributed by atoms with Crippen molar-refractivity contribution in [2.24, 2.45) is 0 Å². The lowest BCUT2D eigenvalue weighted by atomic mass is 9.75. The predicted molar refractivity (Wildman–Crippen MR) is 83.2 cm³/mol. The highest BCUT2D eigenvalue weighted by Crippen LogP contribution is 2.36. The third-order valence-electron chi connectivity index (χ3n) is 4.40. The van der Waals surface area contributed by atoms with Crippen molar-refractivity contribution < 1.29 is 18.8 Å². The van der Waals surface area contributed by atoms with Crippen molar-refractivity contribution in [3.63, 3.8) is 0 Å². The van der Waals surface area contributed by atoms with Crippen molar-refractivity contribution in [3.05, 3.63) is 27.7 Å². The van der Waals surface area contributed by atoms with Gasteiger partial charge in [0.15, 0.2) is 0 Å². The van der Waals surface area contributed by atoms with Crippen LogP contribution in [0.25, 0.3) is 0 Å². The van der Waals surface area contributed by atoms with E-state index in [0.29, 0.717) is 5.46 Å². The van der Waals surface area contributed by atoms with Crippen molar-refractivity contribution in [2.75, 3.05) is 7.11 Å². The quantitative estimate of drug-likeness (QED) is 0.634. The number of hydrogen-bond donors (Lipinski definition) is 1. The maximum atomic E-state index is 11.9. The normalized spacial score (nSPS) is 18.5. The van der Waals surface area contributed by atoms with E-state index in [0.717, 1.165) is 0 Å². The summed E-state index contributed by atoms with van der Waals surface area (Å²) in [6, 6.07) is 1.84. The summed E-state index contributed by atoms with van der Waals surface area (Å²) in [6.45, 7) is 7.57. The Kier molecular flexibility index (Phi) is 4.38. The third-order valence-corrected chi connectivity index (χ3v) is 4.40. The topological polar surface area (TPSA) is 101 Å². The summed E-state index contributed by atoms with van der Waals surface area (Å²) in [7, 11) is 0.458. The molecule has 0 saturated carbocycles. The number of esters is 1. The molecule has 0 radical (unpaired) electrons. The molecule has 2 rings (SSSR count). The standard InChI is InChI=1S/C15H19BN2O5/c1-14(2)15(3,4)23-16(22-14)11-8-18-13(20)10(7-17)9(11)6-12(19)21-5/h8H,6H2,1-5H3,(H,18,20). The first-order valence-corrected chi connectivity index (χ1v) is 7.20. The van der Waals surface area contributed by atoms with Crippen LogP contribution in [0.1, 0.15) is 38.8 Å². The molecule has 23 heavy (non-hydrogen) atoms. The van der Waals surface area contributed by atoms with Crippen LogP contribution in [0.15, 0.2) is 11.0 Å². The van der Waals surface area contributed by atoms with Gasteiger partial charge in [0.05, 0.1) is 24.7 Å². The monoisotopic (exact) mass is 318 g/mol. The molecule has 0 spiro atoms. The molecule has 0 aliphatic carbocycles. The van der Waals surface area contributed by atoms with Crippen LogP contribution in [0.2, 0.25) is 0 Å². The van der Waals surface area contributed by atoms with Gasteiger partial charge in [0.1, 0.15) is 11.6 Å². The summed E-state index contributed by atoms with van der Waals surface area (Å²) in [5.41, 5.74) is -1.15. The zero-order chi connectivity index (χ0) is 17.4. The van der Waals surface area contributed by atoms with Crippen LogP contribution in [0, 0.1) is 11.3 Å². The summed E-state index contributed by atoms with van der Waals surface area (Å²) in [5.74, 6) is -0.551. The molecule has 8 heteroatoms. The Labute approximate surface area is 134 Å². The lowest BCUT2D eigenvalue weighted by molar-refractivity contribution is -0.139. The van der Waals surface area contributed by atoms with Gasteiger partial charge in [0.25, 0.3) is 5.56 Å². The number of hydrogen-bond acceptors (Lipinski definition) is 6. The Morgan fingerprint density at radius 2 is 1.91 bits per heavy atom. The molecule has 0 bridgehead atoms. The van der Waals surface area contributed by atoms with E-state index in [2.05, 4.69) is 9.72 Å². The Balaban J connectivity index is 2.54. The number of pyridine rings is 1. The van der Waals surface area contributed by atoms with E-state index < -0.39 is 29.8 Å². The van der Waals surface area contributed by atoms with Crippen LogP contribution >= 0.6 is 0 Å². The number of methoxy groups -OCH3 is 1. The molecule has 1 fully saturated rings. The smallest absolute Gasteiger partial charge is 0.469 e. The fraction of sp³-hybridized carbons (Fsp3) is 0.533. The number of rotatable bonds is 3. The summed E-state index contributed by atoms with van der Waals surface area (Å²) in [5, 5.41) is 9.25. The van der Waals surface area contributed by atoms with Gasteiger partial charge < -0.3 is 19.0 Å². The van der Waals surface area contributed by atoms with Gasteiger partial charge in [-0.05, 0) is 33.3 Å². The molecular weight excluding hydrogens is 299 g/mol. The highest BCUT2D eigenvalue weighted by atomic mass is 16.7. The number of nitrogens with zero attached hydrogens (tertiary/aromatic N) is 1. The SMILES string of the molecule is COC(=O)Cc1c(B2OC(C)(C)C(C)(C)O2)c[nH]c(=O)c1C#N. The van der Waals surface area contributed by atoms with E-state index in [9.17, 15) is 14.9 Å². The Morgan fingerprint density at radius 3 is 2.39 bits per heavy atom. The fourth-order valence-corrected chi connectivity index (χ4v) is 2.29. The average molecular weight is 318 g/mol. The molecule has 1 saturated heterocycles. The van der Waals surface area contributed by atoms with Gasteiger partial charge in [0.2, 0.25) is 0 Å². The van der Waals surface area contributed by atoms with Gasteiger partial charge in [-0.25, -0.2) is 0 Å². The number of carbonyl (C=O) groups is 1. The molecule has 2 heterocycles. The number of nitrogens with one attached hydrogen (secondary N) is 1. The predicted octanol–water partition coefficient (Wildman–Crippen LogP) is 0.261. The lowest BCUT2D eigenvalue weighted by Gasteiger charge is -2.32. The summed E-state index contributed by atoms with van der Waals surface area (Å²) in [4.78, 5) is 26.0. The number of aromatic nitrogens is 1. The molecular formula is C15H19BN2O5. The lowest BCUT2D eigenvalue weighted by Crippen LogP contribution is -2.41. The van der Waals surface area contributed by atoms with Crippen molar-refractivity contribution in [2.45, 2.75) is 45.3 Å². The van der Waals surface area contributed by atoms with E-state index in [4.69, 9.17) is 9.31 Å².